The van der Waals surface area contributed by atoms with Crippen LogP contribution in [0.4, 0.5) is 5.69 Å². The van der Waals surface area contributed by atoms with E-state index in [1.807, 2.05) is 6.92 Å². The maximum absolute atomic E-state index is 13.0. The Morgan fingerprint density at radius 1 is 1.42 bits per heavy atom. The summed E-state index contributed by atoms with van der Waals surface area (Å²) in [5, 5.41) is 12.4. The van der Waals surface area contributed by atoms with Gasteiger partial charge in [-0.3, -0.25) is 4.79 Å². The number of hydrogen-bond acceptors (Lipinski definition) is 4. The lowest BCUT2D eigenvalue weighted by Gasteiger charge is -2.38. The average molecular weight is 358 g/mol. The van der Waals surface area contributed by atoms with Crippen molar-refractivity contribution in [2.75, 3.05) is 18.5 Å². The van der Waals surface area contributed by atoms with Gasteiger partial charge in [-0.15, -0.1) is 0 Å². The van der Waals surface area contributed by atoms with Crippen molar-refractivity contribution < 1.29 is 14.3 Å². The summed E-state index contributed by atoms with van der Waals surface area (Å²) in [4.78, 5) is 13.0. The molecule has 2 atom stereocenters. The molecule has 0 saturated heterocycles. The van der Waals surface area contributed by atoms with Gasteiger partial charge < -0.3 is 14.8 Å². The van der Waals surface area contributed by atoms with Gasteiger partial charge in [-0.25, -0.2) is 0 Å². The third kappa shape index (κ3) is 4.98. The first-order chi connectivity index (χ1) is 12.5. The molecule has 142 valence electrons. The summed E-state index contributed by atoms with van der Waals surface area (Å²) >= 11 is 0. The topological polar surface area (TPSA) is 71.3 Å². The molecule has 1 N–H and O–H groups in total. The van der Waals surface area contributed by atoms with Crippen LogP contribution in [-0.4, -0.2) is 24.7 Å². The lowest BCUT2D eigenvalue weighted by Crippen LogP contribution is -2.48. The lowest BCUT2D eigenvalue weighted by molar-refractivity contribution is -0.147. The average Bonchev–Trinajstić information content (AvgIpc) is 2.63. The minimum Gasteiger partial charge on any atom is -0.494 e. The number of nitrogens with zero attached hydrogens (tertiary/aromatic N) is 1. The van der Waals surface area contributed by atoms with Crippen LogP contribution in [0.25, 0.3) is 0 Å². The summed E-state index contributed by atoms with van der Waals surface area (Å²) < 4.78 is 11.6. The predicted octanol–water partition coefficient (Wildman–Crippen LogP) is 4.66. The third-order valence-electron chi connectivity index (χ3n) is 4.92. The van der Waals surface area contributed by atoms with Crippen LogP contribution in [0.1, 0.15) is 64.9 Å². The molecule has 0 aliphatic heterocycles. The Bertz CT molecular complexity index is 649. The van der Waals surface area contributed by atoms with Crippen molar-refractivity contribution in [3.05, 3.63) is 23.8 Å². The van der Waals surface area contributed by atoms with E-state index in [2.05, 4.69) is 25.2 Å². The van der Waals surface area contributed by atoms with Crippen LogP contribution in [-0.2, 0) is 9.53 Å². The zero-order chi connectivity index (χ0) is 19.0. The smallest absolute Gasteiger partial charge is 0.256 e. The molecule has 5 nitrogen and oxygen atoms in total. The van der Waals surface area contributed by atoms with E-state index in [1.165, 1.54) is 0 Å². The van der Waals surface area contributed by atoms with Crippen LogP contribution in [0.3, 0.4) is 0 Å². The van der Waals surface area contributed by atoms with Gasteiger partial charge in [0.15, 0.2) is 0 Å². The number of unbranched alkanes of at least 4 members (excludes halogenated alkanes) is 1. The molecular formula is C21H30N2O3. The molecule has 26 heavy (non-hydrogen) atoms. The van der Waals surface area contributed by atoms with Gasteiger partial charge in [-0.2, -0.15) is 5.26 Å². The third-order valence-corrected chi connectivity index (χ3v) is 4.92. The molecule has 1 saturated carbocycles. The lowest BCUT2D eigenvalue weighted by atomic mass is 9.78. The molecule has 1 aromatic carbocycles. The minimum atomic E-state index is -0.796. The molecule has 1 amide bonds. The molecule has 0 bridgehead atoms. The predicted molar refractivity (Wildman–Crippen MR) is 102 cm³/mol. The van der Waals surface area contributed by atoms with Crippen molar-refractivity contribution >= 4 is 11.6 Å². The number of rotatable bonds is 8. The van der Waals surface area contributed by atoms with Crippen LogP contribution < -0.4 is 10.1 Å². The van der Waals surface area contributed by atoms with Gasteiger partial charge in [-0.05, 0) is 56.7 Å². The number of amides is 1. The Morgan fingerprint density at radius 2 is 2.23 bits per heavy atom. The monoisotopic (exact) mass is 358 g/mol. The van der Waals surface area contributed by atoms with Gasteiger partial charge >= 0.3 is 0 Å². The summed E-state index contributed by atoms with van der Waals surface area (Å²) in [6, 6.07) is 7.37. The van der Waals surface area contributed by atoms with Crippen molar-refractivity contribution in [3.63, 3.8) is 0 Å². The number of carbonyl (C=O) groups excluding carboxylic acids is 1. The highest BCUT2D eigenvalue weighted by molar-refractivity contribution is 5.98. The van der Waals surface area contributed by atoms with Gasteiger partial charge in [0.05, 0.1) is 17.9 Å². The number of nitrogens with one attached hydrogen (secondary N) is 1. The summed E-state index contributed by atoms with van der Waals surface area (Å²) in [6.45, 7) is 7.29. The van der Waals surface area contributed by atoms with Crippen molar-refractivity contribution in [2.24, 2.45) is 5.92 Å². The normalized spacial score (nSPS) is 22.5. The highest BCUT2D eigenvalue weighted by Gasteiger charge is 2.42. The fraction of sp³-hybridized carbons (Fsp3) is 0.619. The maximum Gasteiger partial charge on any atom is 0.256 e. The summed E-state index contributed by atoms with van der Waals surface area (Å²) in [6.07, 6.45) is 5.55. The van der Waals surface area contributed by atoms with Crippen molar-refractivity contribution in [3.8, 4) is 11.8 Å². The quantitative estimate of drug-likeness (QED) is 0.686. The van der Waals surface area contributed by atoms with E-state index in [-0.39, 0.29) is 5.91 Å². The number of anilines is 1. The second-order valence-electron chi connectivity index (χ2n) is 7.10. The molecule has 1 aromatic rings. The Kier molecular flexibility index (Phi) is 7.47. The van der Waals surface area contributed by atoms with Crippen LogP contribution >= 0.6 is 0 Å². The number of benzene rings is 1. The van der Waals surface area contributed by atoms with E-state index >= 15 is 0 Å². The van der Waals surface area contributed by atoms with Crippen LogP contribution in [0, 0.1) is 17.2 Å². The second kappa shape index (κ2) is 9.59. The highest BCUT2D eigenvalue weighted by atomic mass is 16.5. The molecule has 0 heterocycles. The summed E-state index contributed by atoms with van der Waals surface area (Å²) in [5.41, 5.74) is 0.121. The Balaban J connectivity index is 2.15. The first kappa shape index (κ1) is 20.3. The molecule has 0 radical (unpaired) electrons. The van der Waals surface area contributed by atoms with E-state index in [1.54, 1.807) is 18.2 Å². The molecule has 2 unspecified atom stereocenters. The zero-order valence-electron chi connectivity index (χ0n) is 16.1. The van der Waals surface area contributed by atoms with E-state index in [0.717, 1.165) is 32.1 Å². The summed E-state index contributed by atoms with van der Waals surface area (Å²) in [5.74, 6) is 0.951. The van der Waals surface area contributed by atoms with Gasteiger partial charge in [0.25, 0.3) is 5.91 Å². The molecule has 1 aliphatic rings. The fourth-order valence-electron chi connectivity index (χ4n) is 3.57. The zero-order valence-corrected chi connectivity index (χ0v) is 16.1. The molecule has 5 heteroatoms. The Morgan fingerprint density at radius 3 is 2.88 bits per heavy atom. The van der Waals surface area contributed by atoms with E-state index in [9.17, 15) is 10.1 Å². The number of hydrogen-bond donors (Lipinski definition) is 1. The van der Waals surface area contributed by atoms with E-state index in [4.69, 9.17) is 9.47 Å². The van der Waals surface area contributed by atoms with Crippen LogP contribution in [0.15, 0.2) is 18.2 Å². The van der Waals surface area contributed by atoms with Gasteiger partial charge in [-0.1, -0.05) is 26.7 Å². The van der Waals surface area contributed by atoms with Crippen LogP contribution in [0.5, 0.6) is 5.75 Å². The van der Waals surface area contributed by atoms with Gasteiger partial charge in [0, 0.05) is 6.61 Å². The van der Waals surface area contributed by atoms with E-state index < -0.39 is 5.60 Å². The standard InChI is InChI=1S/C21H30N2O3/c1-4-6-12-25-18-9-10-19(17(13-18)15-22)23-20(24)21(26-5-2)11-7-8-16(3)14-21/h9-10,13,16H,4-8,11-12,14H2,1-3H3,(H,23,24). The minimum absolute atomic E-state index is 0.151. The molecule has 1 fully saturated rings. The molecule has 0 aromatic heterocycles. The fourth-order valence-corrected chi connectivity index (χ4v) is 3.57. The molecule has 2 rings (SSSR count). The maximum atomic E-state index is 13.0. The Labute approximate surface area is 156 Å². The first-order valence-electron chi connectivity index (χ1n) is 9.67. The number of nitriles is 1. The van der Waals surface area contributed by atoms with Crippen molar-refractivity contribution in [2.45, 2.75) is 64.9 Å². The molecular weight excluding hydrogens is 328 g/mol. The second-order valence-corrected chi connectivity index (χ2v) is 7.10. The van der Waals surface area contributed by atoms with Crippen molar-refractivity contribution in [1.82, 2.24) is 0 Å². The largest absolute Gasteiger partial charge is 0.494 e. The summed E-state index contributed by atoms with van der Waals surface area (Å²) in [7, 11) is 0. The number of ether oxygens (including phenoxy) is 2. The number of carbonyl (C=O) groups is 1. The van der Waals surface area contributed by atoms with Crippen molar-refractivity contribution in [1.29, 1.82) is 5.26 Å². The van der Waals surface area contributed by atoms with Gasteiger partial charge in [0.2, 0.25) is 0 Å². The first-order valence-corrected chi connectivity index (χ1v) is 9.67. The molecule has 1 aliphatic carbocycles. The van der Waals surface area contributed by atoms with Crippen LogP contribution in [0.2, 0.25) is 0 Å². The highest BCUT2D eigenvalue weighted by Crippen LogP contribution is 2.36. The Hall–Kier alpha value is -2.06. The SMILES string of the molecule is CCCCOc1ccc(NC(=O)C2(OCC)CCCC(C)C2)c(C#N)c1. The molecule has 0 spiro atoms. The van der Waals surface area contributed by atoms with Gasteiger partial charge in [0.1, 0.15) is 17.4 Å². The van der Waals surface area contributed by atoms with E-state index in [0.29, 0.717) is 42.6 Å².